The van der Waals surface area contributed by atoms with Gasteiger partial charge in [-0.2, -0.15) is 0 Å². The third-order valence-corrected chi connectivity index (χ3v) is 8.97. The number of nitrogens with one attached hydrogen (secondary N) is 1. The summed E-state index contributed by atoms with van der Waals surface area (Å²) >= 11 is 0. The summed E-state index contributed by atoms with van der Waals surface area (Å²) in [6.45, 7) is 3.52. The topological polar surface area (TPSA) is 133 Å². The Morgan fingerprint density at radius 3 is 2.43 bits per heavy atom. The summed E-state index contributed by atoms with van der Waals surface area (Å²) in [6.07, 6.45) is 0.316. The van der Waals surface area contributed by atoms with Gasteiger partial charge in [-0.25, -0.2) is 25.5 Å². The summed E-state index contributed by atoms with van der Waals surface area (Å²) in [5.74, 6) is -0.854. The molecule has 13 heteroatoms. The Balaban J connectivity index is 1.99. The SMILES string of the molecule is C[C@H]1CN([C@@H](C)CO)C(=O)Cc2cc(NS(=O)(=O)c3ccc(F)cc3)ccc2O[C@H]1CN(C)S(C)(=O)=O. The molecule has 0 saturated heterocycles. The molecule has 0 unspecified atom stereocenters. The molecule has 3 rings (SSSR count). The van der Waals surface area contributed by atoms with Gasteiger partial charge in [-0.15, -0.1) is 0 Å². The highest BCUT2D eigenvalue weighted by Gasteiger charge is 2.32. The average molecular weight is 558 g/mol. The highest BCUT2D eigenvalue weighted by molar-refractivity contribution is 7.92. The zero-order chi connectivity index (χ0) is 27.5. The molecule has 204 valence electrons. The number of ether oxygens (including phenoxy) is 1. The van der Waals surface area contributed by atoms with Crippen molar-refractivity contribution in [3.05, 3.63) is 53.8 Å². The van der Waals surface area contributed by atoms with Gasteiger partial charge in [0.05, 0.1) is 36.8 Å². The first kappa shape index (κ1) is 28.8. The number of aliphatic hydroxyl groups excluding tert-OH is 1. The maximum atomic E-state index is 13.2. The van der Waals surface area contributed by atoms with E-state index in [1.54, 1.807) is 6.92 Å². The number of fused-ring (bicyclic) bond motifs is 1. The number of hydrogen-bond acceptors (Lipinski definition) is 7. The van der Waals surface area contributed by atoms with E-state index in [4.69, 9.17) is 4.74 Å². The van der Waals surface area contributed by atoms with Crippen LogP contribution < -0.4 is 9.46 Å². The Labute approximate surface area is 217 Å². The molecule has 0 spiro atoms. The van der Waals surface area contributed by atoms with Gasteiger partial charge in [-0.1, -0.05) is 6.92 Å². The van der Waals surface area contributed by atoms with E-state index in [0.717, 1.165) is 30.5 Å². The van der Waals surface area contributed by atoms with Crippen LogP contribution in [-0.4, -0.2) is 82.2 Å². The van der Waals surface area contributed by atoms with Crippen molar-refractivity contribution >= 4 is 31.6 Å². The Bertz CT molecular complexity index is 1330. The van der Waals surface area contributed by atoms with E-state index in [9.17, 15) is 31.1 Å². The van der Waals surface area contributed by atoms with Crippen LogP contribution in [0.25, 0.3) is 0 Å². The van der Waals surface area contributed by atoms with Gasteiger partial charge < -0.3 is 14.7 Å². The predicted octanol–water partition coefficient (Wildman–Crippen LogP) is 1.67. The lowest BCUT2D eigenvalue weighted by molar-refractivity contribution is -0.134. The summed E-state index contributed by atoms with van der Waals surface area (Å²) in [6, 6.07) is 8.33. The van der Waals surface area contributed by atoms with Gasteiger partial charge in [0.2, 0.25) is 15.9 Å². The molecule has 2 N–H and O–H groups in total. The van der Waals surface area contributed by atoms with Crippen molar-refractivity contribution in [2.45, 2.75) is 37.3 Å². The number of anilines is 1. The van der Waals surface area contributed by atoms with Gasteiger partial charge >= 0.3 is 0 Å². The minimum atomic E-state index is -4.03. The Hall–Kier alpha value is -2.74. The molecule has 0 aliphatic carbocycles. The zero-order valence-corrected chi connectivity index (χ0v) is 22.7. The molecule has 37 heavy (non-hydrogen) atoms. The standard InChI is InChI=1S/C24H32FN3O7S2/c1-16-13-28(17(2)15-29)24(30)12-18-11-20(26-37(33,34)21-8-5-19(25)6-9-21)7-10-22(18)35-23(16)14-27(3)36(4,31)32/h5-11,16-17,23,26,29H,12-15H2,1-4H3/t16-,17-,23-/m0/s1. The van der Waals surface area contributed by atoms with E-state index in [2.05, 4.69) is 4.72 Å². The molecule has 0 fully saturated rings. The highest BCUT2D eigenvalue weighted by atomic mass is 32.2. The van der Waals surface area contributed by atoms with Crippen molar-refractivity contribution in [1.29, 1.82) is 0 Å². The van der Waals surface area contributed by atoms with Crippen LogP contribution in [0.3, 0.4) is 0 Å². The van der Waals surface area contributed by atoms with Crippen LogP contribution in [0, 0.1) is 11.7 Å². The molecule has 0 aromatic heterocycles. The van der Waals surface area contributed by atoms with Gasteiger partial charge in [0.25, 0.3) is 10.0 Å². The second kappa shape index (κ2) is 11.3. The van der Waals surface area contributed by atoms with E-state index in [-0.39, 0.29) is 48.5 Å². The summed E-state index contributed by atoms with van der Waals surface area (Å²) in [4.78, 5) is 14.6. The van der Waals surface area contributed by atoms with Crippen molar-refractivity contribution in [3.8, 4) is 5.75 Å². The fraction of sp³-hybridized carbons (Fsp3) is 0.458. The highest BCUT2D eigenvalue weighted by Crippen LogP contribution is 2.30. The minimum absolute atomic E-state index is 0.0217. The van der Waals surface area contributed by atoms with E-state index >= 15 is 0 Å². The number of carbonyl (C=O) groups is 1. The molecule has 0 saturated carbocycles. The lowest BCUT2D eigenvalue weighted by Gasteiger charge is -2.33. The lowest BCUT2D eigenvalue weighted by Crippen LogP contribution is -2.48. The van der Waals surface area contributed by atoms with Crippen LogP contribution in [0.5, 0.6) is 5.75 Å². The first-order valence-electron chi connectivity index (χ1n) is 11.6. The molecular weight excluding hydrogens is 525 g/mol. The number of sulfonamides is 2. The van der Waals surface area contributed by atoms with Crippen molar-refractivity contribution in [2.75, 3.05) is 37.7 Å². The number of halogens is 1. The minimum Gasteiger partial charge on any atom is -0.488 e. The van der Waals surface area contributed by atoms with Crippen LogP contribution in [0.2, 0.25) is 0 Å². The molecule has 1 aliphatic heterocycles. The second-order valence-electron chi connectivity index (χ2n) is 9.31. The summed E-state index contributed by atoms with van der Waals surface area (Å²) < 4.78 is 72.7. The first-order valence-corrected chi connectivity index (χ1v) is 14.9. The fourth-order valence-corrected chi connectivity index (χ4v) is 5.39. The van der Waals surface area contributed by atoms with Gasteiger partial charge in [0.1, 0.15) is 17.7 Å². The number of aliphatic hydroxyl groups is 1. The monoisotopic (exact) mass is 557 g/mol. The van der Waals surface area contributed by atoms with E-state index in [0.29, 0.717) is 11.3 Å². The summed E-state index contributed by atoms with van der Waals surface area (Å²) in [5, 5.41) is 9.72. The van der Waals surface area contributed by atoms with Crippen LogP contribution in [0.4, 0.5) is 10.1 Å². The smallest absolute Gasteiger partial charge is 0.261 e. The largest absolute Gasteiger partial charge is 0.488 e. The molecule has 0 radical (unpaired) electrons. The third-order valence-electron chi connectivity index (χ3n) is 6.30. The number of rotatable bonds is 8. The molecule has 1 amide bonds. The van der Waals surface area contributed by atoms with E-state index in [1.807, 2.05) is 6.92 Å². The van der Waals surface area contributed by atoms with Crippen molar-refractivity contribution in [3.63, 3.8) is 0 Å². The van der Waals surface area contributed by atoms with Gasteiger partial charge in [-0.3, -0.25) is 9.52 Å². The number of carbonyl (C=O) groups excluding carboxylic acids is 1. The van der Waals surface area contributed by atoms with Crippen LogP contribution in [-0.2, 0) is 31.3 Å². The quantitative estimate of drug-likeness (QED) is 0.504. The average Bonchev–Trinajstić information content (AvgIpc) is 2.86. The Morgan fingerprint density at radius 2 is 1.84 bits per heavy atom. The number of likely N-dealkylation sites (N-methyl/N-ethyl adjacent to an activating group) is 1. The Morgan fingerprint density at radius 1 is 1.19 bits per heavy atom. The summed E-state index contributed by atoms with van der Waals surface area (Å²) in [7, 11) is -6.10. The molecule has 1 aliphatic rings. The number of hydrogen-bond donors (Lipinski definition) is 2. The number of benzene rings is 2. The molecule has 2 aromatic rings. The summed E-state index contributed by atoms with van der Waals surface area (Å²) in [5.41, 5.74) is 0.555. The zero-order valence-electron chi connectivity index (χ0n) is 21.1. The Kier molecular flexibility index (Phi) is 8.83. The van der Waals surface area contributed by atoms with Crippen molar-refractivity contribution < 1.29 is 35.9 Å². The van der Waals surface area contributed by atoms with Crippen molar-refractivity contribution in [2.24, 2.45) is 5.92 Å². The fourth-order valence-electron chi connectivity index (χ4n) is 3.93. The molecule has 1 heterocycles. The molecule has 3 atom stereocenters. The van der Waals surface area contributed by atoms with Gasteiger partial charge in [0.15, 0.2) is 0 Å². The predicted molar refractivity (Wildman–Crippen MR) is 137 cm³/mol. The van der Waals surface area contributed by atoms with Crippen LogP contribution in [0.15, 0.2) is 47.4 Å². The molecule has 0 bridgehead atoms. The van der Waals surface area contributed by atoms with Crippen LogP contribution >= 0.6 is 0 Å². The third kappa shape index (κ3) is 7.18. The van der Waals surface area contributed by atoms with Gasteiger partial charge in [0, 0.05) is 30.8 Å². The molecule has 10 nitrogen and oxygen atoms in total. The molecule has 2 aromatic carbocycles. The normalized spacial score (nSPS) is 19.9. The van der Waals surface area contributed by atoms with Gasteiger partial charge in [-0.05, 0) is 49.4 Å². The lowest BCUT2D eigenvalue weighted by atomic mass is 10.0. The number of nitrogens with zero attached hydrogens (tertiary/aromatic N) is 2. The molecular formula is C24H32FN3O7S2. The maximum absolute atomic E-state index is 13.2. The van der Waals surface area contributed by atoms with E-state index in [1.165, 1.54) is 34.5 Å². The second-order valence-corrected chi connectivity index (χ2v) is 13.1. The number of amides is 1. The first-order chi connectivity index (χ1) is 17.2. The van der Waals surface area contributed by atoms with Crippen LogP contribution in [0.1, 0.15) is 19.4 Å². The van der Waals surface area contributed by atoms with E-state index < -0.39 is 38.0 Å². The maximum Gasteiger partial charge on any atom is 0.261 e. The van der Waals surface area contributed by atoms with Crippen molar-refractivity contribution in [1.82, 2.24) is 9.21 Å².